The molecule has 0 aliphatic rings. The molecule has 2 aromatic rings. The highest BCUT2D eigenvalue weighted by molar-refractivity contribution is 7.92. The molecule has 2 rings (SSSR count). The molecule has 7 nitrogen and oxygen atoms in total. The average Bonchev–Trinajstić information content (AvgIpc) is 2.49. The zero-order valence-corrected chi connectivity index (χ0v) is 12.5. The fourth-order valence-electron chi connectivity index (χ4n) is 1.61. The molecule has 0 aliphatic heterocycles. The van der Waals surface area contributed by atoms with Gasteiger partial charge in [-0.25, -0.2) is 19.7 Å². The fraction of sp³-hybridized carbons (Fsp3) is 0.308. The van der Waals surface area contributed by atoms with Gasteiger partial charge in [0.2, 0.25) is 5.95 Å². The Kier molecular flexibility index (Phi) is 5.18. The van der Waals surface area contributed by atoms with Crippen LogP contribution in [-0.4, -0.2) is 29.9 Å². The standard InChI is InChI=1S/C13H17N5O2S/c1-2-6-14-9-11-4-5-12(17-10-11)21(19,20)18-13-15-7-3-8-16-13/h3-5,7-8,10,14H,2,6,9H2,1H3,(H,15,16,18). The number of rotatable bonds is 7. The van der Waals surface area contributed by atoms with Crippen LogP contribution in [0.25, 0.3) is 0 Å². The Bertz CT molecular complexity index is 659. The van der Waals surface area contributed by atoms with Crippen molar-refractivity contribution in [2.75, 3.05) is 11.3 Å². The van der Waals surface area contributed by atoms with Gasteiger partial charge in [0.25, 0.3) is 10.0 Å². The third kappa shape index (κ3) is 4.47. The molecule has 2 N–H and O–H groups in total. The molecule has 0 unspecified atom stereocenters. The number of aromatic nitrogens is 3. The molecule has 0 radical (unpaired) electrons. The maximum Gasteiger partial charge on any atom is 0.281 e. The van der Waals surface area contributed by atoms with E-state index in [9.17, 15) is 8.42 Å². The van der Waals surface area contributed by atoms with Crippen LogP contribution in [0.5, 0.6) is 0 Å². The van der Waals surface area contributed by atoms with Gasteiger partial charge in [0.1, 0.15) is 0 Å². The molecule has 0 amide bonds. The Morgan fingerprint density at radius 2 is 1.90 bits per heavy atom. The van der Waals surface area contributed by atoms with Crippen LogP contribution < -0.4 is 10.0 Å². The lowest BCUT2D eigenvalue weighted by molar-refractivity contribution is 0.596. The number of hydrogen-bond donors (Lipinski definition) is 2. The molecule has 112 valence electrons. The Morgan fingerprint density at radius 1 is 1.14 bits per heavy atom. The molecule has 0 fully saturated rings. The molecule has 21 heavy (non-hydrogen) atoms. The Balaban J connectivity index is 2.06. The minimum Gasteiger partial charge on any atom is -0.313 e. The summed E-state index contributed by atoms with van der Waals surface area (Å²) in [6.45, 7) is 3.65. The maximum atomic E-state index is 12.1. The summed E-state index contributed by atoms with van der Waals surface area (Å²) < 4.78 is 26.5. The van der Waals surface area contributed by atoms with Crippen molar-refractivity contribution >= 4 is 16.0 Å². The van der Waals surface area contributed by atoms with Gasteiger partial charge < -0.3 is 5.32 Å². The topological polar surface area (TPSA) is 96.9 Å². The first kappa shape index (κ1) is 15.3. The fourth-order valence-corrected chi connectivity index (χ4v) is 2.50. The number of anilines is 1. The normalized spacial score (nSPS) is 11.3. The first-order chi connectivity index (χ1) is 10.1. The van der Waals surface area contributed by atoms with Gasteiger partial charge in [0, 0.05) is 25.1 Å². The van der Waals surface area contributed by atoms with Gasteiger partial charge in [-0.05, 0) is 30.7 Å². The van der Waals surface area contributed by atoms with E-state index < -0.39 is 10.0 Å². The van der Waals surface area contributed by atoms with Crippen molar-refractivity contribution in [3.63, 3.8) is 0 Å². The van der Waals surface area contributed by atoms with E-state index in [2.05, 4.69) is 31.9 Å². The van der Waals surface area contributed by atoms with Crippen molar-refractivity contribution in [3.05, 3.63) is 42.4 Å². The van der Waals surface area contributed by atoms with Gasteiger partial charge in [-0.15, -0.1) is 0 Å². The molecule has 0 spiro atoms. The van der Waals surface area contributed by atoms with Crippen molar-refractivity contribution in [1.29, 1.82) is 0 Å². The highest BCUT2D eigenvalue weighted by Crippen LogP contribution is 2.10. The largest absolute Gasteiger partial charge is 0.313 e. The van der Waals surface area contributed by atoms with Gasteiger partial charge in [0.15, 0.2) is 5.03 Å². The number of hydrogen-bond acceptors (Lipinski definition) is 6. The zero-order chi connectivity index (χ0) is 15.1. The van der Waals surface area contributed by atoms with Gasteiger partial charge in [-0.3, -0.25) is 0 Å². The van der Waals surface area contributed by atoms with Crippen LogP contribution in [0.4, 0.5) is 5.95 Å². The molecule has 0 bridgehead atoms. The molecule has 0 atom stereocenters. The minimum absolute atomic E-state index is 0.0213. The van der Waals surface area contributed by atoms with Gasteiger partial charge in [-0.1, -0.05) is 13.0 Å². The van der Waals surface area contributed by atoms with E-state index >= 15 is 0 Å². The zero-order valence-electron chi connectivity index (χ0n) is 11.7. The van der Waals surface area contributed by atoms with Crippen LogP contribution >= 0.6 is 0 Å². The lowest BCUT2D eigenvalue weighted by Crippen LogP contribution is -2.17. The van der Waals surface area contributed by atoms with E-state index in [-0.39, 0.29) is 11.0 Å². The monoisotopic (exact) mass is 307 g/mol. The molecule has 0 saturated carbocycles. The lowest BCUT2D eigenvalue weighted by atomic mass is 10.3. The third-order valence-corrected chi connectivity index (χ3v) is 3.86. The summed E-state index contributed by atoms with van der Waals surface area (Å²) in [6.07, 6.45) is 5.51. The van der Waals surface area contributed by atoms with Crippen molar-refractivity contribution in [2.24, 2.45) is 0 Å². The molecule has 0 aromatic carbocycles. The Morgan fingerprint density at radius 3 is 2.52 bits per heavy atom. The number of sulfonamides is 1. The van der Waals surface area contributed by atoms with Gasteiger partial charge >= 0.3 is 0 Å². The average molecular weight is 307 g/mol. The van der Waals surface area contributed by atoms with E-state index in [0.29, 0.717) is 6.54 Å². The number of nitrogens with one attached hydrogen (secondary N) is 2. The van der Waals surface area contributed by atoms with Crippen LogP contribution in [0.1, 0.15) is 18.9 Å². The highest BCUT2D eigenvalue weighted by atomic mass is 32.2. The molecule has 2 heterocycles. The summed E-state index contributed by atoms with van der Waals surface area (Å²) in [5, 5.41) is 3.16. The van der Waals surface area contributed by atoms with E-state index in [0.717, 1.165) is 18.5 Å². The van der Waals surface area contributed by atoms with Crippen LogP contribution in [0.15, 0.2) is 41.8 Å². The van der Waals surface area contributed by atoms with Crippen LogP contribution in [0, 0.1) is 0 Å². The van der Waals surface area contributed by atoms with Gasteiger partial charge in [0.05, 0.1) is 0 Å². The lowest BCUT2D eigenvalue weighted by Gasteiger charge is -2.07. The van der Waals surface area contributed by atoms with E-state index in [1.54, 1.807) is 18.3 Å². The second-order valence-electron chi connectivity index (χ2n) is 4.36. The van der Waals surface area contributed by atoms with Crippen molar-refractivity contribution in [3.8, 4) is 0 Å². The van der Waals surface area contributed by atoms with Crippen LogP contribution in [0.3, 0.4) is 0 Å². The first-order valence-corrected chi connectivity index (χ1v) is 8.05. The molecule has 0 saturated heterocycles. The molecular formula is C13H17N5O2S. The molecule has 2 aromatic heterocycles. The predicted octanol–water partition coefficient (Wildman–Crippen LogP) is 1.17. The quantitative estimate of drug-likeness (QED) is 0.745. The van der Waals surface area contributed by atoms with E-state index in [4.69, 9.17) is 0 Å². The predicted molar refractivity (Wildman–Crippen MR) is 79.1 cm³/mol. The summed E-state index contributed by atoms with van der Waals surface area (Å²) in [7, 11) is -3.76. The maximum absolute atomic E-state index is 12.1. The molecule has 0 aliphatic carbocycles. The minimum atomic E-state index is -3.76. The second kappa shape index (κ2) is 7.09. The summed E-state index contributed by atoms with van der Waals surface area (Å²) in [5.41, 5.74) is 0.929. The van der Waals surface area contributed by atoms with Crippen molar-refractivity contribution in [1.82, 2.24) is 20.3 Å². The first-order valence-electron chi connectivity index (χ1n) is 6.57. The van der Waals surface area contributed by atoms with E-state index in [1.807, 2.05) is 0 Å². The van der Waals surface area contributed by atoms with Crippen molar-refractivity contribution < 1.29 is 8.42 Å². The Hall–Kier alpha value is -2.06. The molecular weight excluding hydrogens is 290 g/mol. The SMILES string of the molecule is CCCNCc1ccc(S(=O)(=O)Nc2ncccn2)nc1. The highest BCUT2D eigenvalue weighted by Gasteiger charge is 2.16. The van der Waals surface area contributed by atoms with E-state index in [1.165, 1.54) is 18.5 Å². The summed E-state index contributed by atoms with van der Waals surface area (Å²) in [5.74, 6) is 0.0213. The van der Waals surface area contributed by atoms with Crippen molar-refractivity contribution in [2.45, 2.75) is 24.9 Å². The summed E-state index contributed by atoms with van der Waals surface area (Å²) in [4.78, 5) is 11.6. The third-order valence-electron chi connectivity index (χ3n) is 2.62. The number of nitrogens with zero attached hydrogens (tertiary/aromatic N) is 3. The number of pyridine rings is 1. The van der Waals surface area contributed by atoms with Crippen LogP contribution in [-0.2, 0) is 16.6 Å². The summed E-state index contributed by atoms with van der Waals surface area (Å²) in [6, 6.07) is 4.80. The second-order valence-corrected chi connectivity index (χ2v) is 5.99. The molecule has 8 heteroatoms. The smallest absolute Gasteiger partial charge is 0.281 e. The Labute approximate surface area is 123 Å². The summed E-state index contributed by atoms with van der Waals surface area (Å²) >= 11 is 0. The van der Waals surface area contributed by atoms with Gasteiger partial charge in [-0.2, -0.15) is 8.42 Å². The van der Waals surface area contributed by atoms with Crippen LogP contribution in [0.2, 0.25) is 0 Å².